The summed E-state index contributed by atoms with van der Waals surface area (Å²) in [5.41, 5.74) is -1.24. The molecular weight excluding hydrogens is 583 g/mol. The number of aromatic amines is 1. The molecule has 4 N–H and O–H groups in total. The third-order valence-corrected chi connectivity index (χ3v) is 10.9. The van der Waals surface area contributed by atoms with Crippen molar-refractivity contribution in [3.8, 4) is 0 Å². The van der Waals surface area contributed by atoms with Gasteiger partial charge in [0.05, 0.1) is 19.4 Å². The summed E-state index contributed by atoms with van der Waals surface area (Å²) < 4.78 is 23.9. The average Bonchev–Trinajstić information content (AvgIpc) is 3.46. The van der Waals surface area contributed by atoms with Crippen molar-refractivity contribution >= 4 is 48.9 Å². The summed E-state index contributed by atoms with van der Waals surface area (Å²) in [4.78, 5) is 39.7. The number of carbonyl (C=O) groups is 3. The molecule has 216 valence electrons. The van der Waals surface area contributed by atoms with Crippen LogP contribution in [0.4, 0.5) is 0 Å². The first kappa shape index (κ1) is 30.2. The van der Waals surface area contributed by atoms with Gasteiger partial charge in [0.1, 0.15) is 5.37 Å². The lowest BCUT2D eigenvalue weighted by Gasteiger charge is -2.53. The summed E-state index contributed by atoms with van der Waals surface area (Å²) in [5.74, 6) is -3.07. The number of fused-ring (bicyclic) bond motifs is 1. The monoisotopic (exact) mass is 612 g/mol. The van der Waals surface area contributed by atoms with Crippen molar-refractivity contribution in [3.05, 3.63) is 47.7 Å². The highest BCUT2D eigenvalue weighted by Crippen LogP contribution is 2.51. The topological polar surface area (TPSA) is 197 Å². The number of rotatable bonds is 14. The van der Waals surface area contributed by atoms with Crippen LogP contribution in [0.5, 0.6) is 0 Å². The zero-order valence-electron chi connectivity index (χ0n) is 21.6. The van der Waals surface area contributed by atoms with Crippen molar-refractivity contribution < 1.29 is 38.2 Å². The molecule has 0 spiro atoms. The average molecular weight is 613 g/mol. The number of H-pyrrole nitrogens is 1. The number of aliphatic hydroxyl groups is 1. The molecule has 0 saturated carbocycles. The van der Waals surface area contributed by atoms with E-state index in [4.69, 9.17) is 9.05 Å². The lowest BCUT2D eigenvalue weighted by Crippen LogP contribution is -2.82. The van der Waals surface area contributed by atoms with E-state index in [0.29, 0.717) is 17.3 Å². The number of aliphatic carboxylic acids is 1. The van der Waals surface area contributed by atoms with E-state index in [2.05, 4.69) is 25.9 Å². The molecule has 1 saturated heterocycles. The molecule has 2 aliphatic heterocycles. The molecule has 4 atom stereocenters. The standard InChI is InChI=1S/C23H29N6O8PS2/c1-3-36-38(35,37-4-2)11-10-16(40-22-25-27-28-26-22)15-12-29-19(32)23(21(33)34,20(29)39-13-15)24-18(31)17(30)14-8-6-5-7-9-14/h5-9,12,16-17,20,30H,3-4,10-11,13H2,1-2H3,(H,24,31)(H,33,34)(H,25,26,27,28)/t16?,17?,20-,23-/m0/s1. The number of benzene rings is 1. The lowest BCUT2D eigenvalue weighted by atomic mass is 9.87. The summed E-state index contributed by atoms with van der Waals surface area (Å²) >= 11 is 2.39. The van der Waals surface area contributed by atoms with Gasteiger partial charge >= 0.3 is 13.6 Å². The zero-order valence-corrected chi connectivity index (χ0v) is 24.2. The maximum absolute atomic E-state index is 13.3. The second-order valence-electron chi connectivity index (χ2n) is 8.76. The van der Waals surface area contributed by atoms with Gasteiger partial charge in [-0.05, 0) is 36.6 Å². The summed E-state index contributed by atoms with van der Waals surface area (Å²) in [6.07, 6.45) is 0.311. The largest absolute Gasteiger partial charge is 0.479 e. The maximum Gasteiger partial charge on any atom is 0.342 e. The molecule has 1 aromatic carbocycles. The highest BCUT2D eigenvalue weighted by Gasteiger charge is 2.68. The van der Waals surface area contributed by atoms with Crippen LogP contribution in [0.2, 0.25) is 0 Å². The van der Waals surface area contributed by atoms with Crippen LogP contribution in [-0.2, 0) is 28.0 Å². The van der Waals surface area contributed by atoms with Gasteiger partial charge < -0.3 is 29.5 Å². The van der Waals surface area contributed by atoms with Gasteiger partial charge in [0, 0.05) is 17.2 Å². The zero-order chi connectivity index (χ0) is 28.9. The predicted octanol–water partition coefficient (Wildman–Crippen LogP) is 1.79. The Kier molecular flexibility index (Phi) is 9.69. The molecule has 0 bridgehead atoms. The summed E-state index contributed by atoms with van der Waals surface area (Å²) in [6.45, 7) is 3.87. The van der Waals surface area contributed by atoms with Gasteiger partial charge in [-0.3, -0.25) is 14.2 Å². The Morgan fingerprint density at radius 2 is 2.00 bits per heavy atom. The molecule has 17 heteroatoms. The molecule has 2 unspecified atom stereocenters. The van der Waals surface area contributed by atoms with Crippen LogP contribution in [0, 0.1) is 0 Å². The summed E-state index contributed by atoms with van der Waals surface area (Å²) in [7, 11) is -3.37. The SMILES string of the molecule is CCOP(=O)(CCC(Sc1nn[nH]n1)C1=CN2C(=O)[C@@](NC(=O)C(O)c3ccccc3)(C(=O)O)[C@@H]2SC1)OCC. The van der Waals surface area contributed by atoms with Crippen LogP contribution in [0.1, 0.15) is 31.9 Å². The van der Waals surface area contributed by atoms with Gasteiger partial charge in [-0.2, -0.15) is 5.21 Å². The predicted molar refractivity (Wildman–Crippen MR) is 145 cm³/mol. The number of hydrogen-bond donors (Lipinski definition) is 4. The van der Waals surface area contributed by atoms with Crippen molar-refractivity contribution in [2.24, 2.45) is 0 Å². The number of carbonyl (C=O) groups excluding carboxylic acids is 2. The molecule has 1 fully saturated rings. The molecule has 2 amide bonds. The van der Waals surface area contributed by atoms with E-state index in [1.807, 2.05) is 0 Å². The second-order valence-corrected chi connectivity index (χ2v) is 13.2. The number of thioether (sulfide) groups is 2. The van der Waals surface area contributed by atoms with Gasteiger partial charge in [-0.15, -0.1) is 22.0 Å². The van der Waals surface area contributed by atoms with E-state index in [0.717, 1.165) is 17.3 Å². The van der Waals surface area contributed by atoms with Gasteiger partial charge in [-0.25, -0.2) is 4.79 Å². The van der Waals surface area contributed by atoms with Crippen LogP contribution in [-0.4, -0.2) is 94.8 Å². The number of nitrogens with one attached hydrogen (secondary N) is 2. The molecule has 2 aliphatic rings. The van der Waals surface area contributed by atoms with E-state index in [-0.39, 0.29) is 30.2 Å². The van der Waals surface area contributed by atoms with E-state index in [9.17, 15) is 29.2 Å². The number of β-lactam (4-membered cyclic amide) rings is 1. The quantitative estimate of drug-likeness (QED) is 0.104. The minimum atomic E-state index is -3.37. The van der Waals surface area contributed by atoms with Crippen LogP contribution < -0.4 is 5.32 Å². The molecule has 3 heterocycles. The fourth-order valence-electron chi connectivity index (χ4n) is 4.36. The van der Waals surface area contributed by atoms with Crippen molar-refractivity contribution in [2.75, 3.05) is 25.1 Å². The molecule has 0 aliphatic carbocycles. The molecule has 4 rings (SSSR count). The molecule has 40 heavy (non-hydrogen) atoms. The number of amides is 2. The Balaban J connectivity index is 1.54. The van der Waals surface area contributed by atoms with Gasteiger partial charge in [0.15, 0.2) is 6.10 Å². The van der Waals surface area contributed by atoms with Crippen molar-refractivity contribution in [2.45, 2.75) is 47.7 Å². The van der Waals surface area contributed by atoms with Crippen molar-refractivity contribution in [1.82, 2.24) is 30.8 Å². The van der Waals surface area contributed by atoms with E-state index < -0.39 is 42.4 Å². The first-order valence-corrected chi connectivity index (χ1v) is 16.0. The number of hydrogen-bond acceptors (Lipinski definition) is 12. The Morgan fingerprint density at radius 3 is 2.60 bits per heavy atom. The van der Waals surface area contributed by atoms with Crippen LogP contribution >= 0.6 is 31.1 Å². The number of carboxylic acids is 1. The summed E-state index contributed by atoms with van der Waals surface area (Å²) in [5, 5.41) is 35.7. The smallest absolute Gasteiger partial charge is 0.342 e. The van der Waals surface area contributed by atoms with Crippen LogP contribution in [0.25, 0.3) is 0 Å². The Labute approximate surface area is 238 Å². The molecule has 1 aromatic heterocycles. The van der Waals surface area contributed by atoms with Gasteiger partial charge in [-0.1, -0.05) is 42.1 Å². The Morgan fingerprint density at radius 1 is 1.30 bits per heavy atom. The van der Waals surface area contributed by atoms with Gasteiger partial charge in [0.25, 0.3) is 11.8 Å². The number of carboxylic acid groups (broad SMARTS) is 1. The normalized spacial score (nSPS) is 22.1. The van der Waals surface area contributed by atoms with E-state index in [1.165, 1.54) is 28.8 Å². The second kappa shape index (κ2) is 12.8. The number of aromatic nitrogens is 4. The first-order valence-electron chi connectivity index (χ1n) is 12.4. The highest BCUT2D eigenvalue weighted by molar-refractivity contribution is 8.01. The minimum Gasteiger partial charge on any atom is -0.479 e. The third-order valence-electron chi connectivity index (χ3n) is 6.23. The molecule has 2 aromatic rings. The number of nitrogens with zero attached hydrogens (tertiary/aromatic N) is 4. The van der Waals surface area contributed by atoms with Crippen molar-refractivity contribution in [1.29, 1.82) is 0 Å². The Hall–Kier alpha value is -2.75. The van der Waals surface area contributed by atoms with E-state index in [1.54, 1.807) is 38.2 Å². The molecule has 0 radical (unpaired) electrons. The first-order chi connectivity index (χ1) is 19.1. The van der Waals surface area contributed by atoms with Crippen LogP contribution in [0.3, 0.4) is 0 Å². The van der Waals surface area contributed by atoms with Crippen molar-refractivity contribution in [3.63, 3.8) is 0 Å². The molecular formula is C23H29N6O8PS2. The fourth-order valence-corrected chi connectivity index (χ4v) is 8.75. The Bertz CT molecular complexity index is 1290. The number of aliphatic hydroxyl groups excluding tert-OH is 1. The third kappa shape index (κ3) is 6.11. The number of tetrazole rings is 1. The highest BCUT2D eigenvalue weighted by atomic mass is 32.2. The van der Waals surface area contributed by atoms with E-state index >= 15 is 0 Å². The maximum atomic E-state index is 13.3. The lowest BCUT2D eigenvalue weighted by molar-refractivity contribution is -0.170. The fraction of sp³-hybridized carbons (Fsp3) is 0.478. The van der Waals surface area contributed by atoms with Gasteiger partial charge in [0.2, 0.25) is 10.7 Å². The minimum absolute atomic E-state index is 0.0933. The van der Waals surface area contributed by atoms with Crippen LogP contribution in [0.15, 0.2) is 47.3 Å². The molecule has 14 nitrogen and oxygen atoms in total. The summed E-state index contributed by atoms with van der Waals surface area (Å²) in [6, 6.07) is 8.01.